The molecule has 41 heavy (non-hydrogen) atoms. The number of aliphatic imine (C=N–C) groups is 1. The maximum Gasteiger partial charge on any atom is 0.258 e. The Morgan fingerprint density at radius 2 is 1.66 bits per heavy atom. The average molecular weight is 620 g/mol. The average Bonchev–Trinajstić information content (AvgIpc) is 2.93. The highest BCUT2D eigenvalue weighted by molar-refractivity contribution is 9.10. The van der Waals surface area contributed by atoms with Crippen LogP contribution in [-0.4, -0.2) is 54.0 Å². The number of aryl methyl sites for hydroxylation is 2. The first-order valence-corrected chi connectivity index (χ1v) is 14.1. The predicted molar refractivity (Wildman–Crippen MR) is 170 cm³/mol. The molecule has 1 aromatic heterocycles. The van der Waals surface area contributed by atoms with Gasteiger partial charge in [-0.25, -0.2) is 0 Å². The summed E-state index contributed by atoms with van der Waals surface area (Å²) < 4.78 is 0.830. The van der Waals surface area contributed by atoms with Gasteiger partial charge in [-0.1, -0.05) is 40.2 Å². The van der Waals surface area contributed by atoms with Crippen LogP contribution in [0.2, 0.25) is 0 Å². The van der Waals surface area contributed by atoms with Crippen molar-refractivity contribution in [1.82, 2.24) is 9.88 Å². The molecule has 3 aromatic carbocycles. The van der Waals surface area contributed by atoms with E-state index in [-0.39, 0.29) is 17.3 Å². The molecule has 0 saturated heterocycles. The molecule has 9 heteroatoms. The highest BCUT2D eigenvalue weighted by Crippen LogP contribution is 2.25. The van der Waals surface area contributed by atoms with Crippen molar-refractivity contribution in [1.29, 1.82) is 0 Å². The molecular formula is C32H35BrN4O4. The van der Waals surface area contributed by atoms with E-state index in [1.807, 2.05) is 36.4 Å². The highest BCUT2D eigenvalue weighted by Gasteiger charge is 2.10. The molecule has 0 aliphatic carbocycles. The number of nitrogens with one attached hydrogen (secondary N) is 2. The van der Waals surface area contributed by atoms with Crippen LogP contribution in [0.5, 0.6) is 5.88 Å². The van der Waals surface area contributed by atoms with E-state index in [2.05, 4.69) is 62.4 Å². The lowest BCUT2D eigenvalue weighted by atomic mass is 10.1. The van der Waals surface area contributed by atoms with Crippen LogP contribution in [0.1, 0.15) is 36.5 Å². The Kier molecular flexibility index (Phi) is 12.0. The summed E-state index contributed by atoms with van der Waals surface area (Å²) in [5, 5.41) is 14.0. The standard InChI is InChI=1S/C21H22BrN3O2.C11H13NO2/c1-25(2)11-3-4-14-5-8-16(9-6-14)23-13-19-18-12-15(22)7-10-17(18)20(26)24-21(19)27;1-9(14)12-11-6-4-10(5-7-11)3-2-8-13/h5-10,12-13H,3-4,11H2,1-2H3,(H2,24,26,27);4-8H,2-3H2,1H3,(H,12,14). The second-order valence-corrected chi connectivity index (χ2v) is 10.7. The first-order chi connectivity index (χ1) is 19.7. The van der Waals surface area contributed by atoms with Crippen LogP contribution in [-0.2, 0) is 22.4 Å². The van der Waals surface area contributed by atoms with E-state index in [1.54, 1.807) is 24.4 Å². The molecule has 0 saturated carbocycles. The minimum atomic E-state index is -0.325. The number of carbonyl (C=O) groups is 2. The Hall–Kier alpha value is -4.08. The normalized spacial score (nSPS) is 11.0. The van der Waals surface area contributed by atoms with E-state index in [0.717, 1.165) is 53.5 Å². The molecule has 0 bridgehead atoms. The van der Waals surface area contributed by atoms with E-state index >= 15 is 0 Å². The number of anilines is 1. The van der Waals surface area contributed by atoms with Gasteiger partial charge in [0.15, 0.2) is 0 Å². The van der Waals surface area contributed by atoms with Gasteiger partial charge >= 0.3 is 0 Å². The Labute approximate surface area is 248 Å². The predicted octanol–water partition coefficient (Wildman–Crippen LogP) is 6.02. The summed E-state index contributed by atoms with van der Waals surface area (Å²) in [7, 11) is 4.15. The third kappa shape index (κ3) is 10.1. The van der Waals surface area contributed by atoms with Gasteiger partial charge in [-0.3, -0.25) is 19.6 Å². The Bertz CT molecular complexity index is 1550. The summed E-state index contributed by atoms with van der Waals surface area (Å²) in [4.78, 5) is 42.0. The number of carbonyl (C=O) groups excluding carboxylic acids is 2. The maximum atomic E-state index is 12.0. The number of aromatic hydroxyl groups is 1. The zero-order valence-corrected chi connectivity index (χ0v) is 25.1. The smallest absolute Gasteiger partial charge is 0.258 e. The quantitative estimate of drug-likeness (QED) is 0.148. The molecule has 0 atom stereocenters. The number of aromatic amines is 1. The van der Waals surface area contributed by atoms with Crippen molar-refractivity contribution in [2.45, 2.75) is 32.6 Å². The van der Waals surface area contributed by atoms with E-state index in [0.29, 0.717) is 22.8 Å². The van der Waals surface area contributed by atoms with Gasteiger partial charge in [0.1, 0.15) is 6.29 Å². The number of fused-ring (bicyclic) bond motifs is 1. The lowest BCUT2D eigenvalue weighted by Crippen LogP contribution is -2.13. The van der Waals surface area contributed by atoms with Crippen molar-refractivity contribution in [2.75, 3.05) is 26.0 Å². The molecule has 0 radical (unpaired) electrons. The number of aldehydes is 1. The number of hydrogen-bond donors (Lipinski definition) is 3. The minimum absolute atomic E-state index is 0.0781. The van der Waals surface area contributed by atoms with Crippen LogP contribution >= 0.6 is 15.9 Å². The number of nitrogens with zero attached hydrogens (tertiary/aromatic N) is 2. The fourth-order valence-electron chi connectivity index (χ4n) is 4.11. The number of hydrogen-bond acceptors (Lipinski definition) is 6. The molecule has 1 heterocycles. The van der Waals surface area contributed by atoms with Crippen LogP contribution in [0.15, 0.2) is 81.0 Å². The zero-order chi connectivity index (χ0) is 29.8. The van der Waals surface area contributed by atoms with E-state index in [4.69, 9.17) is 0 Å². The number of pyridine rings is 1. The molecule has 3 N–H and O–H groups in total. The number of amides is 1. The van der Waals surface area contributed by atoms with Crippen LogP contribution < -0.4 is 10.9 Å². The van der Waals surface area contributed by atoms with E-state index in [1.165, 1.54) is 12.5 Å². The number of aromatic nitrogens is 1. The Morgan fingerprint density at radius 1 is 1.00 bits per heavy atom. The number of halogens is 1. The number of H-pyrrole nitrogens is 1. The van der Waals surface area contributed by atoms with Crippen molar-refractivity contribution >= 4 is 56.5 Å². The molecule has 0 aliphatic rings. The summed E-state index contributed by atoms with van der Waals surface area (Å²) in [6.07, 6.45) is 5.93. The molecule has 4 aromatic rings. The largest absolute Gasteiger partial charge is 0.494 e. The summed E-state index contributed by atoms with van der Waals surface area (Å²) in [5.41, 5.74) is 4.12. The van der Waals surface area contributed by atoms with Crippen molar-refractivity contribution in [3.05, 3.63) is 98.2 Å². The van der Waals surface area contributed by atoms with Crippen molar-refractivity contribution in [3.63, 3.8) is 0 Å². The van der Waals surface area contributed by atoms with Gasteiger partial charge in [0.05, 0.1) is 11.3 Å². The Morgan fingerprint density at radius 3 is 2.29 bits per heavy atom. The van der Waals surface area contributed by atoms with Crippen LogP contribution in [0.3, 0.4) is 0 Å². The minimum Gasteiger partial charge on any atom is -0.494 e. The second-order valence-electron chi connectivity index (χ2n) is 9.82. The SMILES string of the molecule is CC(=O)Nc1ccc(CCC=O)cc1.CN(C)CCCc1ccc(N=Cc2c(O)[nH]c(=O)c3ccc(Br)cc23)cc1. The third-order valence-corrected chi connectivity index (χ3v) is 6.67. The van der Waals surface area contributed by atoms with Crippen LogP contribution in [0.4, 0.5) is 11.4 Å². The summed E-state index contributed by atoms with van der Waals surface area (Å²) >= 11 is 3.41. The van der Waals surface area contributed by atoms with Gasteiger partial charge in [-0.15, -0.1) is 0 Å². The molecule has 214 valence electrons. The maximum absolute atomic E-state index is 12.0. The fourth-order valence-corrected chi connectivity index (χ4v) is 4.47. The molecule has 0 aliphatic heterocycles. The van der Waals surface area contributed by atoms with Gasteiger partial charge in [-0.05, 0) is 93.5 Å². The molecule has 0 fully saturated rings. The summed E-state index contributed by atoms with van der Waals surface area (Å²) in [6, 6.07) is 20.9. The van der Waals surface area contributed by atoms with Gasteiger partial charge in [0, 0.05) is 40.5 Å². The molecule has 4 rings (SSSR count). The van der Waals surface area contributed by atoms with Crippen molar-refractivity contribution in [3.8, 4) is 5.88 Å². The highest BCUT2D eigenvalue weighted by atomic mass is 79.9. The lowest BCUT2D eigenvalue weighted by molar-refractivity contribution is -0.114. The number of rotatable bonds is 10. The second kappa shape index (κ2) is 15.6. The van der Waals surface area contributed by atoms with Crippen molar-refractivity contribution in [2.24, 2.45) is 4.99 Å². The van der Waals surface area contributed by atoms with E-state index in [9.17, 15) is 19.5 Å². The van der Waals surface area contributed by atoms with Crippen LogP contribution in [0.25, 0.3) is 10.8 Å². The topological polar surface area (TPSA) is 115 Å². The van der Waals surface area contributed by atoms with Gasteiger partial charge < -0.3 is 20.1 Å². The zero-order valence-electron chi connectivity index (χ0n) is 23.5. The lowest BCUT2D eigenvalue weighted by Gasteiger charge is -2.08. The third-order valence-electron chi connectivity index (χ3n) is 6.18. The fraction of sp³-hybridized carbons (Fsp3) is 0.250. The summed E-state index contributed by atoms with van der Waals surface area (Å²) in [5.74, 6) is -0.264. The molecular weight excluding hydrogens is 584 g/mol. The van der Waals surface area contributed by atoms with Gasteiger partial charge in [0.25, 0.3) is 5.56 Å². The Balaban J connectivity index is 0.000000278. The number of benzene rings is 3. The van der Waals surface area contributed by atoms with Gasteiger partial charge in [0.2, 0.25) is 11.8 Å². The van der Waals surface area contributed by atoms with Crippen molar-refractivity contribution < 1.29 is 14.7 Å². The molecule has 1 amide bonds. The molecule has 8 nitrogen and oxygen atoms in total. The molecule has 0 unspecified atom stereocenters. The van der Waals surface area contributed by atoms with E-state index < -0.39 is 0 Å². The molecule has 0 spiro atoms. The first kappa shape index (κ1) is 31.4. The van der Waals surface area contributed by atoms with Crippen LogP contribution in [0, 0.1) is 0 Å². The summed E-state index contributed by atoms with van der Waals surface area (Å²) in [6.45, 7) is 2.54. The van der Waals surface area contributed by atoms with Gasteiger partial charge in [-0.2, -0.15) is 0 Å². The first-order valence-electron chi connectivity index (χ1n) is 13.3. The monoisotopic (exact) mass is 618 g/mol.